The highest BCUT2D eigenvalue weighted by Crippen LogP contribution is 2.21. The molecule has 0 saturated heterocycles. The third-order valence-electron chi connectivity index (χ3n) is 2.25. The van der Waals surface area contributed by atoms with Crippen molar-refractivity contribution in [3.63, 3.8) is 0 Å². The highest BCUT2D eigenvalue weighted by Gasteiger charge is 1.98. The molecule has 0 aliphatic rings. The first kappa shape index (κ1) is 11.9. The summed E-state index contributed by atoms with van der Waals surface area (Å²) in [6.07, 6.45) is 6.14. The topological polar surface area (TPSA) is 0 Å². The van der Waals surface area contributed by atoms with Crippen LogP contribution in [0, 0.1) is 0 Å². The Morgan fingerprint density at radius 2 is 1.93 bits per heavy atom. The monoisotopic (exact) mass is 216 g/mol. The van der Waals surface area contributed by atoms with Crippen LogP contribution in [-0.4, -0.2) is 0 Å². The Morgan fingerprint density at radius 3 is 2.53 bits per heavy atom. The minimum atomic E-state index is 0.963. The number of benzene rings is 1. The Labute approximate surface area is 97.4 Å². The molecule has 0 heterocycles. The van der Waals surface area contributed by atoms with E-state index in [1.807, 2.05) is 37.3 Å². The molecule has 15 heavy (non-hydrogen) atoms. The molecular formula is C14H16S. The Hall–Kier alpha value is -1.21. The zero-order valence-corrected chi connectivity index (χ0v) is 10.1. The second-order valence-electron chi connectivity index (χ2n) is 3.41. The molecule has 0 spiro atoms. The van der Waals surface area contributed by atoms with E-state index < -0.39 is 0 Å². The van der Waals surface area contributed by atoms with E-state index in [9.17, 15) is 0 Å². The van der Waals surface area contributed by atoms with Gasteiger partial charge in [0, 0.05) is 4.90 Å². The van der Waals surface area contributed by atoms with Gasteiger partial charge in [-0.15, -0.1) is 12.6 Å². The zero-order chi connectivity index (χ0) is 11.3. The predicted octanol–water partition coefficient (Wildman–Crippen LogP) is 4.51. The second kappa shape index (κ2) is 5.62. The van der Waals surface area contributed by atoms with Crippen LogP contribution in [0.2, 0.25) is 0 Å². The summed E-state index contributed by atoms with van der Waals surface area (Å²) in [6, 6.07) is 7.97. The summed E-state index contributed by atoms with van der Waals surface area (Å²) < 4.78 is 0. The van der Waals surface area contributed by atoms with Gasteiger partial charge in [0.25, 0.3) is 0 Å². The molecule has 0 unspecified atom stereocenters. The molecule has 0 aromatic heterocycles. The summed E-state index contributed by atoms with van der Waals surface area (Å²) in [6.45, 7) is 8.12. The van der Waals surface area contributed by atoms with E-state index >= 15 is 0 Å². The summed E-state index contributed by atoms with van der Waals surface area (Å²) in [5.74, 6) is 0. The first-order chi connectivity index (χ1) is 7.15. The van der Waals surface area contributed by atoms with E-state index in [1.54, 1.807) is 0 Å². The van der Waals surface area contributed by atoms with Gasteiger partial charge in [0.2, 0.25) is 0 Å². The number of hydrogen-bond acceptors (Lipinski definition) is 1. The fraction of sp³-hybridized carbons (Fsp3) is 0.143. The van der Waals surface area contributed by atoms with Crippen molar-refractivity contribution in [3.8, 4) is 0 Å². The molecular weight excluding hydrogens is 200 g/mol. The quantitative estimate of drug-likeness (QED) is 0.557. The lowest BCUT2D eigenvalue weighted by molar-refractivity contribution is 1.41. The van der Waals surface area contributed by atoms with Crippen LogP contribution in [-0.2, 0) is 0 Å². The van der Waals surface area contributed by atoms with Crippen LogP contribution >= 0.6 is 12.6 Å². The summed E-state index contributed by atoms with van der Waals surface area (Å²) in [7, 11) is 0. The molecule has 0 saturated carbocycles. The molecule has 0 bridgehead atoms. The summed E-state index contributed by atoms with van der Waals surface area (Å²) in [5.41, 5.74) is 3.30. The van der Waals surface area contributed by atoms with E-state index in [-0.39, 0.29) is 0 Å². The third-order valence-corrected chi connectivity index (χ3v) is 2.64. The van der Waals surface area contributed by atoms with Gasteiger partial charge in [-0.3, -0.25) is 0 Å². The molecule has 0 radical (unpaired) electrons. The van der Waals surface area contributed by atoms with Crippen LogP contribution in [0.15, 0.2) is 59.5 Å². The van der Waals surface area contributed by atoms with Crippen LogP contribution in [0.1, 0.15) is 19.4 Å². The zero-order valence-electron chi connectivity index (χ0n) is 9.20. The van der Waals surface area contributed by atoms with Gasteiger partial charge in [0.1, 0.15) is 0 Å². The third kappa shape index (κ3) is 3.45. The fourth-order valence-electron chi connectivity index (χ4n) is 1.16. The minimum Gasteiger partial charge on any atom is -0.143 e. The van der Waals surface area contributed by atoms with Gasteiger partial charge >= 0.3 is 0 Å². The first-order valence-corrected chi connectivity index (χ1v) is 5.38. The molecule has 0 fully saturated rings. The first-order valence-electron chi connectivity index (χ1n) is 4.93. The number of hydrogen-bond donors (Lipinski definition) is 1. The van der Waals surface area contributed by atoms with Gasteiger partial charge in [-0.2, -0.15) is 0 Å². The molecule has 1 aromatic carbocycles. The second-order valence-corrected chi connectivity index (χ2v) is 3.89. The van der Waals surface area contributed by atoms with E-state index in [2.05, 4.69) is 38.3 Å². The molecule has 1 rings (SSSR count). The Morgan fingerprint density at radius 1 is 1.27 bits per heavy atom. The molecule has 78 valence electrons. The standard InChI is InChI=1S/C14H16S/c1-4-11(2)9-10-12(3)13-7-5-6-8-14(13)15/h4-10,15H,3H2,1-2H3/b10-9-,11-4-. The maximum Gasteiger partial charge on any atom is 0.0118 e. The predicted molar refractivity (Wildman–Crippen MR) is 71.3 cm³/mol. The lowest BCUT2D eigenvalue weighted by atomic mass is 10.1. The summed E-state index contributed by atoms with van der Waals surface area (Å²) in [5, 5.41) is 0. The minimum absolute atomic E-state index is 0.963. The van der Waals surface area contributed by atoms with Crippen molar-refractivity contribution in [2.45, 2.75) is 18.7 Å². The van der Waals surface area contributed by atoms with Crippen LogP contribution in [0.5, 0.6) is 0 Å². The van der Waals surface area contributed by atoms with Crippen molar-refractivity contribution in [2.75, 3.05) is 0 Å². The molecule has 0 atom stereocenters. The van der Waals surface area contributed by atoms with Gasteiger partial charge in [0.15, 0.2) is 0 Å². The van der Waals surface area contributed by atoms with Crippen LogP contribution in [0.3, 0.4) is 0 Å². The fourth-order valence-corrected chi connectivity index (χ4v) is 1.47. The molecule has 1 aromatic rings. The van der Waals surface area contributed by atoms with E-state index in [0.717, 1.165) is 16.0 Å². The molecule has 0 amide bonds. The van der Waals surface area contributed by atoms with Crippen molar-refractivity contribution in [1.29, 1.82) is 0 Å². The van der Waals surface area contributed by atoms with Gasteiger partial charge in [-0.05, 0) is 31.1 Å². The van der Waals surface area contributed by atoms with Crippen molar-refractivity contribution in [2.24, 2.45) is 0 Å². The Kier molecular flexibility index (Phi) is 4.44. The van der Waals surface area contributed by atoms with Gasteiger partial charge in [0.05, 0.1) is 0 Å². The van der Waals surface area contributed by atoms with E-state index in [0.29, 0.717) is 0 Å². The maximum absolute atomic E-state index is 4.40. The number of allylic oxidation sites excluding steroid dienone is 5. The van der Waals surface area contributed by atoms with Crippen molar-refractivity contribution >= 4 is 18.2 Å². The number of thiol groups is 1. The smallest absolute Gasteiger partial charge is 0.0118 e. The SMILES string of the molecule is C=C(/C=C\C(C)=C/C)c1ccccc1S. The lowest BCUT2D eigenvalue weighted by Crippen LogP contribution is -1.81. The summed E-state index contributed by atoms with van der Waals surface area (Å²) in [4.78, 5) is 0.963. The van der Waals surface area contributed by atoms with Crippen LogP contribution in [0.25, 0.3) is 5.57 Å². The molecule has 0 N–H and O–H groups in total. The molecule has 0 aliphatic carbocycles. The lowest BCUT2D eigenvalue weighted by Gasteiger charge is -2.03. The highest BCUT2D eigenvalue weighted by molar-refractivity contribution is 7.80. The summed E-state index contributed by atoms with van der Waals surface area (Å²) >= 11 is 4.40. The highest BCUT2D eigenvalue weighted by atomic mass is 32.1. The normalized spacial score (nSPS) is 12.1. The van der Waals surface area contributed by atoms with E-state index in [1.165, 1.54) is 5.57 Å². The average Bonchev–Trinajstić information content (AvgIpc) is 2.26. The van der Waals surface area contributed by atoms with Crippen molar-refractivity contribution in [1.82, 2.24) is 0 Å². The largest absolute Gasteiger partial charge is 0.143 e. The van der Waals surface area contributed by atoms with Crippen LogP contribution in [0.4, 0.5) is 0 Å². The van der Waals surface area contributed by atoms with Crippen LogP contribution < -0.4 is 0 Å². The molecule has 1 heteroatoms. The van der Waals surface area contributed by atoms with Gasteiger partial charge < -0.3 is 0 Å². The van der Waals surface area contributed by atoms with Gasteiger partial charge in [-0.25, -0.2) is 0 Å². The Bertz CT molecular complexity index is 411. The van der Waals surface area contributed by atoms with E-state index in [4.69, 9.17) is 0 Å². The molecule has 0 aliphatic heterocycles. The van der Waals surface area contributed by atoms with Crippen molar-refractivity contribution < 1.29 is 0 Å². The average molecular weight is 216 g/mol. The maximum atomic E-state index is 4.40. The molecule has 0 nitrogen and oxygen atoms in total. The van der Waals surface area contributed by atoms with Gasteiger partial charge in [-0.1, -0.05) is 48.6 Å². The Balaban J connectivity index is 2.87. The number of rotatable bonds is 3. The van der Waals surface area contributed by atoms with Crippen molar-refractivity contribution in [3.05, 3.63) is 60.2 Å².